The highest BCUT2D eigenvalue weighted by Crippen LogP contribution is 2.26. The summed E-state index contributed by atoms with van der Waals surface area (Å²) in [4.78, 5) is 13.6. The number of nitrogens with zero attached hydrogens (tertiary/aromatic N) is 1. The predicted octanol–water partition coefficient (Wildman–Crippen LogP) is 3.85. The molecule has 3 atom stereocenters. The van der Waals surface area contributed by atoms with Gasteiger partial charge in [-0.05, 0) is 66.2 Å². The first kappa shape index (κ1) is 27.1. The van der Waals surface area contributed by atoms with Crippen LogP contribution in [0.2, 0.25) is 0 Å². The summed E-state index contributed by atoms with van der Waals surface area (Å²) in [5.74, 6) is 1.33. The van der Waals surface area contributed by atoms with Gasteiger partial charge in [0, 0.05) is 24.4 Å². The van der Waals surface area contributed by atoms with Gasteiger partial charge in [0.2, 0.25) is 0 Å². The molecule has 3 N–H and O–H groups in total. The van der Waals surface area contributed by atoms with E-state index >= 15 is 0 Å². The summed E-state index contributed by atoms with van der Waals surface area (Å²) in [5, 5.41) is 23.7. The number of aliphatic hydroxyl groups excluding tert-OH is 1. The third kappa shape index (κ3) is 9.25. The zero-order valence-electron chi connectivity index (χ0n) is 20.6. The standard InChI is InChI=1S/C26H36N2O6S/c1-18(2)15-28(35-23-10-8-21(32-3)9-11-23)16-25(30)24(14-19-4-6-20(29)7-5-19)27-26(31)34-22-12-13-33-17-22/h4-11,18,22,24-25,29-30H,12-17H2,1-3H3,(H,27,31)/t22-,24+,25-/m1/s1. The van der Waals surface area contributed by atoms with Crippen molar-refractivity contribution in [2.75, 3.05) is 33.4 Å². The number of phenolic OH excluding ortho intramolecular Hbond substituents is 1. The summed E-state index contributed by atoms with van der Waals surface area (Å²) in [7, 11) is 1.63. The van der Waals surface area contributed by atoms with Crippen LogP contribution in [0, 0.1) is 5.92 Å². The molecule has 0 aromatic heterocycles. The van der Waals surface area contributed by atoms with E-state index in [4.69, 9.17) is 14.2 Å². The smallest absolute Gasteiger partial charge is 0.407 e. The van der Waals surface area contributed by atoms with E-state index in [0.717, 1.165) is 22.8 Å². The molecule has 0 saturated carbocycles. The number of aromatic hydroxyl groups is 1. The Bertz CT molecular complexity index is 903. The van der Waals surface area contributed by atoms with E-state index in [2.05, 4.69) is 23.5 Å². The van der Waals surface area contributed by atoms with E-state index in [1.165, 1.54) is 0 Å². The molecule has 1 aliphatic rings. The van der Waals surface area contributed by atoms with Crippen LogP contribution in [0.1, 0.15) is 25.8 Å². The van der Waals surface area contributed by atoms with Crippen LogP contribution >= 0.6 is 11.9 Å². The Hall–Kier alpha value is -2.46. The summed E-state index contributed by atoms with van der Waals surface area (Å²) in [6, 6.07) is 14.0. The first-order valence-electron chi connectivity index (χ1n) is 11.9. The molecule has 1 amide bonds. The van der Waals surface area contributed by atoms with Crippen LogP contribution in [0.15, 0.2) is 53.4 Å². The quantitative estimate of drug-likeness (QED) is 0.375. The van der Waals surface area contributed by atoms with E-state index in [1.807, 2.05) is 24.3 Å². The monoisotopic (exact) mass is 504 g/mol. The number of hydrogen-bond acceptors (Lipinski definition) is 8. The van der Waals surface area contributed by atoms with Crippen molar-refractivity contribution in [3.8, 4) is 11.5 Å². The van der Waals surface area contributed by atoms with Crippen LogP contribution in [0.5, 0.6) is 11.5 Å². The number of amides is 1. The molecule has 0 radical (unpaired) electrons. The number of aliphatic hydroxyl groups is 1. The molecule has 9 heteroatoms. The van der Waals surface area contributed by atoms with Gasteiger partial charge in [0.25, 0.3) is 0 Å². The lowest BCUT2D eigenvalue weighted by molar-refractivity contribution is 0.0650. The largest absolute Gasteiger partial charge is 0.508 e. The van der Waals surface area contributed by atoms with Crippen molar-refractivity contribution in [2.45, 2.75) is 49.8 Å². The first-order chi connectivity index (χ1) is 16.8. The minimum Gasteiger partial charge on any atom is -0.508 e. The second-order valence-electron chi connectivity index (χ2n) is 9.09. The number of ether oxygens (including phenoxy) is 3. The summed E-state index contributed by atoms with van der Waals surface area (Å²) < 4.78 is 18.1. The predicted molar refractivity (Wildman–Crippen MR) is 136 cm³/mol. The maximum absolute atomic E-state index is 12.6. The van der Waals surface area contributed by atoms with Gasteiger partial charge >= 0.3 is 6.09 Å². The van der Waals surface area contributed by atoms with Gasteiger partial charge in [-0.1, -0.05) is 26.0 Å². The lowest BCUT2D eigenvalue weighted by Gasteiger charge is -2.30. The Morgan fingerprint density at radius 2 is 1.89 bits per heavy atom. The average Bonchev–Trinajstić information content (AvgIpc) is 3.33. The van der Waals surface area contributed by atoms with Crippen LogP contribution in [-0.4, -0.2) is 72.3 Å². The maximum Gasteiger partial charge on any atom is 0.407 e. The molecule has 3 rings (SSSR count). The first-order valence-corrected chi connectivity index (χ1v) is 12.7. The van der Waals surface area contributed by atoms with E-state index in [1.54, 1.807) is 43.3 Å². The Kier molecular flexibility index (Phi) is 10.5. The summed E-state index contributed by atoms with van der Waals surface area (Å²) in [5.41, 5.74) is 0.884. The van der Waals surface area contributed by atoms with Crippen molar-refractivity contribution in [1.29, 1.82) is 0 Å². The van der Waals surface area contributed by atoms with Crippen LogP contribution < -0.4 is 10.1 Å². The van der Waals surface area contributed by atoms with Crippen LogP contribution in [0.3, 0.4) is 0 Å². The minimum atomic E-state index is -0.860. The molecule has 0 aliphatic carbocycles. The van der Waals surface area contributed by atoms with Crippen molar-refractivity contribution in [1.82, 2.24) is 9.62 Å². The number of methoxy groups -OCH3 is 1. The molecule has 1 aliphatic heterocycles. The number of hydrogen-bond donors (Lipinski definition) is 3. The number of carbonyl (C=O) groups excluding carboxylic acids is 1. The van der Waals surface area contributed by atoms with Gasteiger partial charge in [-0.2, -0.15) is 0 Å². The second-order valence-corrected chi connectivity index (χ2v) is 10.3. The van der Waals surface area contributed by atoms with Gasteiger partial charge in [-0.3, -0.25) is 0 Å². The van der Waals surface area contributed by atoms with Gasteiger partial charge in [0.1, 0.15) is 17.6 Å². The van der Waals surface area contributed by atoms with E-state index in [-0.39, 0.29) is 11.9 Å². The van der Waals surface area contributed by atoms with Crippen LogP contribution in [0.4, 0.5) is 4.79 Å². The second kappa shape index (κ2) is 13.6. The van der Waals surface area contributed by atoms with E-state index in [0.29, 0.717) is 38.5 Å². The number of carbonyl (C=O) groups is 1. The number of alkyl carbamates (subject to hydrolysis) is 1. The highest BCUT2D eigenvalue weighted by Gasteiger charge is 2.27. The number of nitrogens with one attached hydrogen (secondary N) is 1. The molecular formula is C26H36N2O6S. The fraction of sp³-hybridized carbons (Fsp3) is 0.500. The zero-order valence-corrected chi connectivity index (χ0v) is 21.4. The lowest BCUT2D eigenvalue weighted by Crippen LogP contribution is -2.49. The molecule has 2 aromatic carbocycles. The molecule has 1 heterocycles. The fourth-order valence-corrected chi connectivity index (χ4v) is 4.95. The van der Waals surface area contributed by atoms with Crippen molar-refractivity contribution in [2.24, 2.45) is 5.92 Å². The number of phenols is 1. The van der Waals surface area contributed by atoms with E-state index in [9.17, 15) is 15.0 Å². The van der Waals surface area contributed by atoms with Gasteiger partial charge in [0.05, 0.1) is 32.5 Å². The van der Waals surface area contributed by atoms with Crippen LogP contribution in [0.25, 0.3) is 0 Å². The van der Waals surface area contributed by atoms with Crippen LogP contribution in [-0.2, 0) is 15.9 Å². The normalized spacial score (nSPS) is 17.4. The Labute approximate surface area is 211 Å². The Morgan fingerprint density at radius 3 is 2.49 bits per heavy atom. The number of benzene rings is 2. The summed E-state index contributed by atoms with van der Waals surface area (Å²) in [6.45, 7) is 6.31. The number of rotatable bonds is 12. The van der Waals surface area contributed by atoms with Crippen molar-refractivity contribution < 1.29 is 29.2 Å². The molecule has 35 heavy (non-hydrogen) atoms. The molecule has 1 saturated heterocycles. The molecule has 0 bridgehead atoms. The molecule has 1 fully saturated rings. The van der Waals surface area contributed by atoms with Gasteiger partial charge in [0.15, 0.2) is 0 Å². The zero-order chi connectivity index (χ0) is 25.2. The Morgan fingerprint density at radius 1 is 1.17 bits per heavy atom. The third-order valence-electron chi connectivity index (χ3n) is 5.57. The molecule has 192 valence electrons. The summed E-state index contributed by atoms with van der Waals surface area (Å²) in [6.07, 6.45) is -0.647. The highest BCUT2D eigenvalue weighted by molar-refractivity contribution is 7.97. The molecule has 2 aromatic rings. The molecule has 0 spiro atoms. The minimum absolute atomic E-state index is 0.165. The fourth-order valence-electron chi connectivity index (χ4n) is 3.79. The topological polar surface area (TPSA) is 100 Å². The maximum atomic E-state index is 12.6. The summed E-state index contributed by atoms with van der Waals surface area (Å²) >= 11 is 1.56. The van der Waals surface area contributed by atoms with Crippen molar-refractivity contribution in [3.63, 3.8) is 0 Å². The van der Waals surface area contributed by atoms with E-state index < -0.39 is 18.2 Å². The lowest BCUT2D eigenvalue weighted by atomic mass is 10.0. The Balaban J connectivity index is 1.70. The van der Waals surface area contributed by atoms with Crippen molar-refractivity contribution >= 4 is 18.0 Å². The average molecular weight is 505 g/mol. The highest BCUT2D eigenvalue weighted by atomic mass is 32.2. The van der Waals surface area contributed by atoms with Gasteiger partial charge in [-0.25, -0.2) is 9.10 Å². The molecule has 8 nitrogen and oxygen atoms in total. The van der Waals surface area contributed by atoms with Gasteiger partial charge in [-0.15, -0.1) is 0 Å². The molecular weight excluding hydrogens is 468 g/mol. The SMILES string of the molecule is COc1ccc(SN(CC(C)C)C[C@@H](O)[C@H](Cc2ccc(O)cc2)NC(=O)O[C@@H]2CCOC2)cc1. The van der Waals surface area contributed by atoms with Crippen molar-refractivity contribution in [3.05, 3.63) is 54.1 Å². The molecule has 0 unspecified atom stereocenters. The third-order valence-corrected chi connectivity index (χ3v) is 6.61. The van der Waals surface area contributed by atoms with Gasteiger partial charge < -0.3 is 29.7 Å².